The zero-order chi connectivity index (χ0) is 13.8. The smallest absolute Gasteiger partial charge is 0.232 e. The zero-order valence-electron chi connectivity index (χ0n) is 10.7. The molecule has 1 amide bonds. The number of carbonyl (C=O) groups is 1. The van der Waals surface area contributed by atoms with Crippen LogP contribution in [0.1, 0.15) is 25.7 Å². The molecule has 104 valence electrons. The number of hydrogen-bond donors (Lipinski definition) is 2. The van der Waals surface area contributed by atoms with Gasteiger partial charge >= 0.3 is 0 Å². The lowest BCUT2D eigenvalue weighted by atomic mass is 9.86. The van der Waals surface area contributed by atoms with Crippen LogP contribution in [0.4, 0.5) is 5.95 Å². The Morgan fingerprint density at radius 3 is 2.74 bits per heavy atom. The second-order valence-electron chi connectivity index (χ2n) is 4.65. The van der Waals surface area contributed by atoms with Crippen molar-refractivity contribution in [3.63, 3.8) is 0 Å². The molecule has 0 saturated heterocycles. The second kappa shape index (κ2) is 6.18. The highest BCUT2D eigenvalue weighted by Crippen LogP contribution is 2.27. The van der Waals surface area contributed by atoms with Crippen molar-refractivity contribution in [1.29, 1.82) is 0 Å². The number of carbonyl (C=O) groups excluding carboxylic acids is 1. The van der Waals surface area contributed by atoms with Crippen LogP contribution in [0.25, 0.3) is 0 Å². The number of amides is 1. The van der Waals surface area contributed by atoms with Crippen LogP contribution in [0.2, 0.25) is 0 Å². The van der Waals surface area contributed by atoms with Gasteiger partial charge in [0.15, 0.2) is 0 Å². The summed E-state index contributed by atoms with van der Waals surface area (Å²) in [6.45, 7) is 0. The Bertz CT molecular complexity index is 461. The number of anilines is 1. The topological polar surface area (TPSA) is 90.1 Å². The van der Waals surface area contributed by atoms with E-state index in [1.165, 1.54) is 0 Å². The van der Waals surface area contributed by atoms with Gasteiger partial charge in [-0.3, -0.25) is 4.79 Å². The van der Waals surface area contributed by atoms with Crippen molar-refractivity contribution in [3.8, 4) is 5.88 Å². The maximum absolute atomic E-state index is 11.1. The van der Waals surface area contributed by atoms with E-state index in [9.17, 15) is 4.79 Å². The Kier molecular flexibility index (Phi) is 4.57. The number of ether oxygens (including phenoxy) is 1. The fourth-order valence-electron chi connectivity index (χ4n) is 2.27. The van der Waals surface area contributed by atoms with Crippen LogP contribution >= 0.6 is 15.9 Å². The maximum Gasteiger partial charge on any atom is 0.232 e. The van der Waals surface area contributed by atoms with Crippen molar-refractivity contribution in [2.45, 2.75) is 31.7 Å². The van der Waals surface area contributed by atoms with Crippen LogP contribution in [0.3, 0.4) is 0 Å². The lowest BCUT2D eigenvalue weighted by Crippen LogP contribution is -2.32. The number of rotatable bonds is 4. The first-order chi connectivity index (χ1) is 9.10. The monoisotopic (exact) mass is 328 g/mol. The molecule has 0 bridgehead atoms. The molecule has 1 saturated carbocycles. The van der Waals surface area contributed by atoms with E-state index in [-0.39, 0.29) is 17.9 Å². The number of nitrogens with one attached hydrogen (secondary N) is 1. The molecule has 0 aromatic carbocycles. The lowest BCUT2D eigenvalue weighted by molar-refractivity contribution is -0.122. The van der Waals surface area contributed by atoms with Crippen molar-refractivity contribution < 1.29 is 9.53 Å². The zero-order valence-corrected chi connectivity index (χ0v) is 12.3. The first kappa shape index (κ1) is 14.0. The Labute approximate surface area is 120 Å². The third-order valence-corrected chi connectivity index (χ3v) is 3.91. The quantitative estimate of drug-likeness (QED) is 0.877. The van der Waals surface area contributed by atoms with E-state index in [0.717, 1.165) is 30.2 Å². The first-order valence-corrected chi connectivity index (χ1v) is 7.02. The number of nitrogens with zero attached hydrogens (tertiary/aromatic N) is 2. The van der Waals surface area contributed by atoms with Gasteiger partial charge in [-0.1, -0.05) is 0 Å². The number of nitrogens with two attached hydrogens (primary N) is 1. The number of hydrogen-bond acceptors (Lipinski definition) is 5. The van der Waals surface area contributed by atoms with Gasteiger partial charge in [0.05, 0.1) is 17.8 Å². The Morgan fingerprint density at radius 2 is 2.16 bits per heavy atom. The molecule has 0 atom stereocenters. The molecular formula is C12H17BrN4O2. The van der Waals surface area contributed by atoms with Gasteiger partial charge in [0.25, 0.3) is 0 Å². The van der Waals surface area contributed by atoms with Crippen LogP contribution in [0.15, 0.2) is 10.7 Å². The largest absolute Gasteiger partial charge is 0.480 e. The van der Waals surface area contributed by atoms with E-state index in [1.54, 1.807) is 13.3 Å². The summed E-state index contributed by atoms with van der Waals surface area (Å²) in [6, 6.07) is 0.279. The Morgan fingerprint density at radius 1 is 1.47 bits per heavy atom. The maximum atomic E-state index is 11.1. The van der Waals surface area contributed by atoms with Crippen molar-refractivity contribution in [2.75, 3.05) is 12.4 Å². The van der Waals surface area contributed by atoms with E-state index in [4.69, 9.17) is 10.5 Å². The van der Waals surface area contributed by atoms with Crippen LogP contribution < -0.4 is 15.8 Å². The molecule has 1 aromatic heterocycles. The molecule has 0 radical (unpaired) electrons. The van der Waals surface area contributed by atoms with E-state index in [1.807, 2.05) is 0 Å². The summed E-state index contributed by atoms with van der Waals surface area (Å²) in [6.07, 6.45) is 5.09. The van der Waals surface area contributed by atoms with Crippen LogP contribution in [0, 0.1) is 5.92 Å². The molecule has 7 heteroatoms. The number of primary amides is 1. The van der Waals surface area contributed by atoms with Crippen LogP contribution in [-0.4, -0.2) is 29.0 Å². The van der Waals surface area contributed by atoms with Gasteiger partial charge in [0.1, 0.15) is 0 Å². The van der Waals surface area contributed by atoms with Gasteiger partial charge in [-0.05, 0) is 41.6 Å². The second-order valence-corrected chi connectivity index (χ2v) is 5.50. The third-order valence-electron chi connectivity index (χ3n) is 3.37. The van der Waals surface area contributed by atoms with E-state index < -0.39 is 0 Å². The average Bonchev–Trinajstić information content (AvgIpc) is 2.41. The van der Waals surface area contributed by atoms with Gasteiger partial charge in [0, 0.05) is 12.0 Å². The van der Waals surface area contributed by atoms with Gasteiger partial charge in [0.2, 0.25) is 17.7 Å². The summed E-state index contributed by atoms with van der Waals surface area (Å²) < 4.78 is 5.84. The van der Waals surface area contributed by atoms with Crippen LogP contribution in [0.5, 0.6) is 5.88 Å². The standard InChI is InChI=1S/C12H17BrN4O2/c1-19-11-9(13)6-15-12(17-11)16-8-4-2-7(3-5-8)10(14)18/h6-8H,2-5H2,1H3,(H2,14,18)(H,15,16,17). The third kappa shape index (κ3) is 3.56. The minimum absolute atomic E-state index is 0.0124. The van der Waals surface area contributed by atoms with E-state index >= 15 is 0 Å². The molecule has 1 heterocycles. The summed E-state index contributed by atoms with van der Waals surface area (Å²) in [5.74, 6) is 0.865. The van der Waals surface area contributed by atoms with Crippen molar-refractivity contribution in [2.24, 2.45) is 11.7 Å². The summed E-state index contributed by atoms with van der Waals surface area (Å²) >= 11 is 3.31. The molecule has 3 N–H and O–H groups in total. The first-order valence-electron chi connectivity index (χ1n) is 6.22. The number of aromatic nitrogens is 2. The average molecular weight is 329 g/mol. The molecule has 6 nitrogen and oxygen atoms in total. The predicted molar refractivity (Wildman–Crippen MR) is 74.8 cm³/mol. The lowest BCUT2D eigenvalue weighted by Gasteiger charge is -2.27. The van der Waals surface area contributed by atoms with Gasteiger partial charge in [-0.2, -0.15) is 4.98 Å². The van der Waals surface area contributed by atoms with Crippen molar-refractivity contribution in [1.82, 2.24) is 9.97 Å². The Hall–Kier alpha value is -1.37. The summed E-state index contributed by atoms with van der Waals surface area (Å²) in [4.78, 5) is 19.5. The highest BCUT2D eigenvalue weighted by Gasteiger charge is 2.25. The number of halogens is 1. The molecular weight excluding hydrogens is 312 g/mol. The SMILES string of the molecule is COc1nc(NC2CCC(C(N)=O)CC2)ncc1Br. The fourth-order valence-corrected chi connectivity index (χ4v) is 2.62. The fraction of sp³-hybridized carbons (Fsp3) is 0.583. The minimum atomic E-state index is -0.194. The predicted octanol–water partition coefficient (Wildman–Crippen LogP) is 1.70. The molecule has 2 rings (SSSR count). The number of methoxy groups -OCH3 is 1. The summed E-state index contributed by atoms with van der Waals surface area (Å²) in [7, 11) is 1.56. The molecule has 0 unspecified atom stereocenters. The normalized spacial score (nSPS) is 22.8. The molecule has 0 spiro atoms. The van der Waals surface area contributed by atoms with Gasteiger partial charge in [-0.15, -0.1) is 0 Å². The van der Waals surface area contributed by atoms with Crippen molar-refractivity contribution >= 4 is 27.8 Å². The van der Waals surface area contributed by atoms with E-state index in [0.29, 0.717) is 11.8 Å². The van der Waals surface area contributed by atoms with Gasteiger partial charge in [-0.25, -0.2) is 4.98 Å². The molecule has 1 aliphatic carbocycles. The molecule has 0 aliphatic heterocycles. The van der Waals surface area contributed by atoms with Crippen molar-refractivity contribution in [3.05, 3.63) is 10.7 Å². The molecule has 1 aromatic rings. The highest BCUT2D eigenvalue weighted by molar-refractivity contribution is 9.10. The molecule has 19 heavy (non-hydrogen) atoms. The van der Waals surface area contributed by atoms with E-state index in [2.05, 4.69) is 31.2 Å². The van der Waals surface area contributed by atoms with Gasteiger partial charge < -0.3 is 15.8 Å². The molecule has 1 fully saturated rings. The highest BCUT2D eigenvalue weighted by atomic mass is 79.9. The minimum Gasteiger partial charge on any atom is -0.480 e. The Balaban J connectivity index is 1.94. The molecule has 1 aliphatic rings. The summed E-state index contributed by atoms with van der Waals surface area (Å²) in [5.41, 5.74) is 5.31. The van der Waals surface area contributed by atoms with Crippen LogP contribution in [-0.2, 0) is 4.79 Å². The summed E-state index contributed by atoms with van der Waals surface area (Å²) in [5, 5.41) is 3.27.